The molecule has 0 aliphatic carbocycles. The van der Waals surface area contributed by atoms with E-state index >= 15 is 0 Å². The normalized spacial score (nSPS) is 11.4. The summed E-state index contributed by atoms with van der Waals surface area (Å²) in [4.78, 5) is 14.6. The molecule has 0 aliphatic heterocycles. The molecule has 0 amide bonds. The number of pyridine rings is 1. The van der Waals surface area contributed by atoms with E-state index in [2.05, 4.69) is 9.71 Å². The average molecular weight is 463 g/mol. The van der Waals surface area contributed by atoms with Crippen LogP contribution in [0.5, 0.6) is 0 Å². The molecule has 0 saturated carbocycles. The Morgan fingerprint density at radius 3 is 2.48 bits per heavy atom. The van der Waals surface area contributed by atoms with Gasteiger partial charge in [0.25, 0.3) is 10.0 Å². The smallest absolute Gasteiger partial charge is 0.303 e. The van der Waals surface area contributed by atoms with Gasteiger partial charge < -0.3 is 5.11 Å². The number of sulfonamides is 1. The van der Waals surface area contributed by atoms with Crippen LogP contribution in [-0.4, -0.2) is 24.5 Å². The molecular formula is C22H20ClFN2O4S. The lowest BCUT2D eigenvalue weighted by molar-refractivity contribution is -0.136. The van der Waals surface area contributed by atoms with E-state index in [0.29, 0.717) is 23.1 Å². The number of carboxylic acid groups (broad SMARTS) is 1. The Hall–Kier alpha value is -2.97. The summed E-state index contributed by atoms with van der Waals surface area (Å²) in [7, 11) is -4.12. The highest BCUT2D eigenvalue weighted by Crippen LogP contribution is 2.35. The van der Waals surface area contributed by atoms with E-state index < -0.39 is 21.8 Å². The van der Waals surface area contributed by atoms with Crippen molar-refractivity contribution in [3.63, 3.8) is 0 Å². The SMILES string of the molecule is Cc1cncc(S(=O)(=O)Nc2c(F)cc(Cl)cc2-c2ccc(CCC(=O)O)cc2)c1C. The Morgan fingerprint density at radius 2 is 1.84 bits per heavy atom. The van der Waals surface area contributed by atoms with Crippen LogP contribution < -0.4 is 4.72 Å². The number of benzene rings is 2. The molecule has 3 rings (SSSR count). The van der Waals surface area contributed by atoms with E-state index in [9.17, 15) is 17.6 Å². The number of nitrogens with one attached hydrogen (secondary N) is 1. The summed E-state index contributed by atoms with van der Waals surface area (Å²) in [6.45, 7) is 3.39. The number of carboxylic acids is 1. The van der Waals surface area contributed by atoms with Crippen LogP contribution in [0.3, 0.4) is 0 Å². The Bertz CT molecular complexity index is 1250. The third-order valence-electron chi connectivity index (χ3n) is 4.89. The molecule has 0 radical (unpaired) electrons. The Kier molecular flexibility index (Phi) is 6.62. The highest BCUT2D eigenvalue weighted by Gasteiger charge is 2.23. The van der Waals surface area contributed by atoms with Crippen LogP contribution in [0.15, 0.2) is 53.7 Å². The number of anilines is 1. The highest BCUT2D eigenvalue weighted by molar-refractivity contribution is 7.92. The molecule has 2 N–H and O–H groups in total. The number of aryl methyl sites for hydroxylation is 2. The number of halogens is 2. The minimum Gasteiger partial charge on any atom is -0.481 e. The molecule has 9 heteroatoms. The highest BCUT2D eigenvalue weighted by atomic mass is 35.5. The summed E-state index contributed by atoms with van der Waals surface area (Å²) in [6, 6.07) is 9.26. The van der Waals surface area contributed by atoms with Crippen molar-refractivity contribution in [3.8, 4) is 11.1 Å². The molecule has 2 aromatic carbocycles. The van der Waals surface area contributed by atoms with Crippen molar-refractivity contribution in [3.05, 3.63) is 76.3 Å². The largest absolute Gasteiger partial charge is 0.481 e. The van der Waals surface area contributed by atoms with Gasteiger partial charge in [0.15, 0.2) is 0 Å². The number of rotatable bonds is 7. The Morgan fingerprint density at radius 1 is 1.16 bits per heavy atom. The second kappa shape index (κ2) is 9.03. The van der Waals surface area contributed by atoms with Crippen LogP contribution in [0.1, 0.15) is 23.1 Å². The van der Waals surface area contributed by atoms with Gasteiger partial charge in [-0.3, -0.25) is 14.5 Å². The zero-order valence-electron chi connectivity index (χ0n) is 16.8. The number of hydrogen-bond donors (Lipinski definition) is 2. The number of hydrogen-bond acceptors (Lipinski definition) is 4. The first-order valence-corrected chi connectivity index (χ1v) is 11.2. The zero-order chi connectivity index (χ0) is 22.8. The van der Waals surface area contributed by atoms with Gasteiger partial charge in [-0.2, -0.15) is 0 Å². The van der Waals surface area contributed by atoms with Crippen LogP contribution in [-0.2, 0) is 21.2 Å². The van der Waals surface area contributed by atoms with E-state index in [-0.39, 0.29) is 27.6 Å². The fraction of sp³-hybridized carbons (Fsp3) is 0.182. The fourth-order valence-electron chi connectivity index (χ4n) is 3.07. The van der Waals surface area contributed by atoms with E-state index in [1.54, 1.807) is 44.3 Å². The lowest BCUT2D eigenvalue weighted by atomic mass is 10.0. The van der Waals surface area contributed by atoms with Crippen LogP contribution in [0.4, 0.5) is 10.1 Å². The second-order valence-electron chi connectivity index (χ2n) is 7.09. The van der Waals surface area contributed by atoms with Gasteiger partial charge in [-0.05, 0) is 54.7 Å². The predicted octanol–water partition coefficient (Wildman–Crippen LogP) is 4.98. The summed E-state index contributed by atoms with van der Waals surface area (Å²) in [5, 5.41) is 8.93. The van der Waals surface area contributed by atoms with E-state index in [1.807, 2.05) is 0 Å². The Balaban J connectivity index is 2.03. The van der Waals surface area contributed by atoms with Gasteiger partial charge in [0.1, 0.15) is 10.7 Å². The topological polar surface area (TPSA) is 96.4 Å². The zero-order valence-corrected chi connectivity index (χ0v) is 18.4. The molecule has 3 aromatic rings. The summed E-state index contributed by atoms with van der Waals surface area (Å²) >= 11 is 6.03. The minimum absolute atomic E-state index is 0.0138. The molecule has 0 aliphatic rings. The number of carbonyl (C=O) groups is 1. The van der Waals surface area contributed by atoms with Crippen molar-refractivity contribution >= 4 is 33.3 Å². The van der Waals surface area contributed by atoms with Crippen LogP contribution in [0, 0.1) is 19.7 Å². The molecule has 1 heterocycles. The predicted molar refractivity (Wildman–Crippen MR) is 117 cm³/mol. The first kappa shape index (κ1) is 22.7. The summed E-state index contributed by atoms with van der Waals surface area (Å²) in [6.07, 6.45) is 3.10. The first-order chi connectivity index (χ1) is 14.6. The molecule has 0 saturated heterocycles. The second-order valence-corrected chi connectivity index (χ2v) is 9.17. The summed E-state index contributed by atoms with van der Waals surface area (Å²) < 4.78 is 43.1. The van der Waals surface area contributed by atoms with Crippen molar-refractivity contribution < 1.29 is 22.7 Å². The summed E-state index contributed by atoms with van der Waals surface area (Å²) in [5.41, 5.74) is 2.55. The fourth-order valence-corrected chi connectivity index (χ4v) is 4.63. The lowest BCUT2D eigenvalue weighted by Crippen LogP contribution is -2.17. The third-order valence-corrected chi connectivity index (χ3v) is 6.58. The molecule has 1 aromatic heterocycles. The van der Waals surface area contributed by atoms with Crippen molar-refractivity contribution in [1.82, 2.24) is 4.98 Å². The third kappa shape index (κ3) is 5.21. The van der Waals surface area contributed by atoms with Crippen molar-refractivity contribution in [2.75, 3.05) is 4.72 Å². The van der Waals surface area contributed by atoms with Gasteiger partial charge in [-0.15, -0.1) is 0 Å². The van der Waals surface area contributed by atoms with Gasteiger partial charge in [-0.25, -0.2) is 12.8 Å². The maximum absolute atomic E-state index is 14.8. The Labute approximate surface area is 184 Å². The van der Waals surface area contributed by atoms with E-state index in [0.717, 1.165) is 11.6 Å². The van der Waals surface area contributed by atoms with Crippen molar-refractivity contribution in [1.29, 1.82) is 0 Å². The van der Waals surface area contributed by atoms with Gasteiger partial charge >= 0.3 is 5.97 Å². The van der Waals surface area contributed by atoms with Gasteiger partial charge in [-0.1, -0.05) is 35.9 Å². The van der Waals surface area contributed by atoms with Crippen molar-refractivity contribution in [2.45, 2.75) is 31.6 Å². The lowest BCUT2D eigenvalue weighted by Gasteiger charge is -2.16. The standard InChI is InChI=1S/C22H20ClFN2O4S/c1-13-11-25-12-20(14(13)2)31(29,30)26-22-18(9-17(23)10-19(22)24)16-6-3-15(4-7-16)5-8-21(27)28/h3-4,6-7,9-12,26H,5,8H2,1-2H3,(H,27,28). The maximum Gasteiger partial charge on any atom is 0.303 e. The van der Waals surface area contributed by atoms with E-state index in [1.165, 1.54) is 12.3 Å². The molecular weight excluding hydrogens is 443 g/mol. The molecule has 0 bridgehead atoms. The van der Waals surface area contributed by atoms with E-state index in [4.69, 9.17) is 16.7 Å². The maximum atomic E-state index is 14.8. The number of nitrogens with zero attached hydrogens (tertiary/aromatic N) is 1. The van der Waals surface area contributed by atoms with Gasteiger partial charge in [0.05, 0.1) is 5.69 Å². The van der Waals surface area contributed by atoms with Crippen LogP contribution in [0.2, 0.25) is 5.02 Å². The monoisotopic (exact) mass is 462 g/mol. The minimum atomic E-state index is -4.12. The van der Waals surface area contributed by atoms with Gasteiger partial charge in [0, 0.05) is 29.4 Å². The van der Waals surface area contributed by atoms with Crippen LogP contribution in [0.25, 0.3) is 11.1 Å². The molecule has 0 spiro atoms. The number of aromatic nitrogens is 1. The van der Waals surface area contributed by atoms with Crippen LogP contribution >= 0.6 is 11.6 Å². The molecule has 0 fully saturated rings. The van der Waals surface area contributed by atoms with Gasteiger partial charge in [0.2, 0.25) is 0 Å². The molecule has 0 atom stereocenters. The molecule has 162 valence electrons. The number of aliphatic carboxylic acids is 1. The first-order valence-electron chi connectivity index (χ1n) is 9.32. The average Bonchev–Trinajstić information content (AvgIpc) is 2.70. The van der Waals surface area contributed by atoms with Crippen molar-refractivity contribution in [2.24, 2.45) is 0 Å². The summed E-state index contributed by atoms with van der Waals surface area (Å²) in [5.74, 6) is -1.72. The molecule has 0 unspecified atom stereocenters. The molecule has 6 nitrogen and oxygen atoms in total. The quantitative estimate of drug-likeness (QED) is 0.516. The molecule has 31 heavy (non-hydrogen) atoms.